The number of carboxylic acid groups (broad SMARTS) is 1. The average molecular weight is 667 g/mol. The summed E-state index contributed by atoms with van der Waals surface area (Å²) < 4.78 is 63.8. The van der Waals surface area contributed by atoms with Crippen LogP contribution < -0.4 is 25.8 Å². The fourth-order valence-corrected chi connectivity index (χ4v) is 4.71. The fourth-order valence-electron chi connectivity index (χ4n) is 4.01. The highest BCUT2D eigenvalue weighted by Gasteiger charge is 2.38. The van der Waals surface area contributed by atoms with Crippen molar-refractivity contribution in [1.29, 1.82) is 0 Å². The van der Waals surface area contributed by atoms with E-state index in [9.17, 15) is 31.2 Å². The predicted molar refractivity (Wildman–Crippen MR) is 165 cm³/mol. The van der Waals surface area contributed by atoms with Gasteiger partial charge in [-0.1, -0.05) is 66.7 Å². The molecule has 0 bridgehead atoms. The second kappa shape index (κ2) is 17.9. The first kappa shape index (κ1) is 37.7. The van der Waals surface area contributed by atoms with Gasteiger partial charge < -0.3 is 26.2 Å². The van der Waals surface area contributed by atoms with Gasteiger partial charge in [-0.25, -0.2) is 17.9 Å². The number of carboxylic acids is 1. The normalized spacial score (nSPS) is 12.6. The molecule has 0 aromatic heterocycles. The summed E-state index contributed by atoms with van der Waals surface area (Å²) in [6.45, 7) is 3.09. The van der Waals surface area contributed by atoms with Crippen LogP contribution in [0.2, 0.25) is 0 Å². The molecule has 0 unspecified atom stereocenters. The van der Waals surface area contributed by atoms with E-state index in [1.165, 1.54) is 0 Å². The Morgan fingerprint density at radius 3 is 1.83 bits per heavy atom. The van der Waals surface area contributed by atoms with Crippen LogP contribution in [0.3, 0.4) is 0 Å². The van der Waals surface area contributed by atoms with E-state index in [4.69, 9.17) is 20.4 Å². The lowest BCUT2D eigenvalue weighted by atomic mass is 10.0. The fraction of sp³-hybridized carbons (Fsp3) is 0.323. The van der Waals surface area contributed by atoms with Crippen molar-refractivity contribution in [3.63, 3.8) is 0 Å². The van der Waals surface area contributed by atoms with Gasteiger partial charge >= 0.3 is 12.1 Å². The maximum atomic E-state index is 13.4. The minimum absolute atomic E-state index is 0.0957. The van der Waals surface area contributed by atoms with Gasteiger partial charge in [-0.15, -0.1) is 0 Å². The highest BCUT2D eigenvalue weighted by atomic mass is 32.2. The minimum atomic E-state index is -5.08. The van der Waals surface area contributed by atoms with E-state index in [-0.39, 0.29) is 25.3 Å². The molecule has 11 nitrogen and oxygen atoms in total. The molecular formula is C31H37F3N4O7S. The molecule has 2 atom stereocenters. The van der Waals surface area contributed by atoms with Crippen LogP contribution in [0.1, 0.15) is 29.2 Å². The number of nitrogens with one attached hydrogen (secondary N) is 3. The number of ether oxygens (including phenoxy) is 1. The first-order chi connectivity index (χ1) is 21.6. The van der Waals surface area contributed by atoms with Crippen molar-refractivity contribution < 1.29 is 45.8 Å². The number of hydrogen-bond donors (Lipinski definition) is 5. The van der Waals surface area contributed by atoms with E-state index < -0.39 is 40.2 Å². The molecule has 0 saturated heterocycles. The van der Waals surface area contributed by atoms with E-state index in [0.29, 0.717) is 18.9 Å². The number of amides is 2. The molecule has 3 rings (SSSR count). The Labute approximate surface area is 265 Å². The van der Waals surface area contributed by atoms with Gasteiger partial charge in [0.1, 0.15) is 17.8 Å². The maximum Gasteiger partial charge on any atom is 0.490 e. The molecule has 6 N–H and O–H groups in total. The van der Waals surface area contributed by atoms with Crippen LogP contribution in [0.4, 0.5) is 13.2 Å². The van der Waals surface area contributed by atoms with Gasteiger partial charge in [0.25, 0.3) is 0 Å². The molecule has 3 aromatic rings. The van der Waals surface area contributed by atoms with Crippen LogP contribution in [0.15, 0.2) is 78.9 Å². The molecule has 15 heteroatoms. The predicted octanol–water partition coefficient (Wildman–Crippen LogP) is 2.68. The van der Waals surface area contributed by atoms with Gasteiger partial charge in [-0.2, -0.15) is 13.2 Å². The lowest BCUT2D eigenvalue weighted by Gasteiger charge is -2.23. The second-order valence-corrected chi connectivity index (χ2v) is 11.8. The summed E-state index contributed by atoms with van der Waals surface area (Å²) in [7, 11) is -3.72. The van der Waals surface area contributed by atoms with Crippen molar-refractivity contribution in [2.24, 2.45) is 5.73 Å². The molecule has 250 valence electrons. The van der Waals surface area contributed by atoms with Crippen LogP contribution in [-0.2, 0) is 50.3 Å². The van der Waals surface area contributed by atoms with Gasteiger partial charge in [-0.05, 0) is 47.7 Å². The number of sulfonamides is 1. The number of rotatable bonds is 14. The van der Waals surface area contributed by atoms with Crippen LogP contribution in [0.25, 0.3) is 0 Å². The zero-order chi connectivity index (χ0) is 34.3. The second-order valence-electron chi connectivity index (χ2n) is 10.0. The Morgan fingerprint density at radius 1 is 0.826 bits per heavy atom. The average Bonchev–Trinajstić information content (AvgIpc) is 3.00. The van der Waals surface area contributed by atoms with Crippen molar-refractivity contribution in [1.82, 2.24) is 15.4 Å². The van der Waals surface area contributed by atoms with E-state index in [1.807, 2.05) is 61.5 Å². The zero-order valence-electron chi connectivity index (χ0n) is 25.2. The Balaban J connectivity index is 0.000000942. The quantitative estimate of drug-likeness (QED) is 0.174. The molecule has 46 heavy (non-hydrogen) atoms. The monoisotopic (exact) mass is 666 g/mol. The highest BCUT2D eigenvalue weighted by molar-refractivity contribution is 7.88. The summed E-state index contributed by atoms with van der Waals surface area (Å²) in [6.07, 6.45) is -3.76. The number of hydrogen-bond acceptors (Lipinski definition) is 7. The summed E-state index contributed by atoms with van der Waals surface area (Å²) in [5.41, 5.74) is 9.11. The molecule has 0 spiro atoms. The third-order valence-corrected chi connectivity index (χ3v) is 6.94. The number of carbonyl (C=O) groups excluding carboxylic acids is 2. The topological polar surface area (TPSA) is 177 Å². The molecule has 0 aliphatic carbocycles. The van der Waals surface area contributed by atoms with Gasteiger partial charge in [0.15, 0.2) is 0 Å². The number of nitrogens with two attached hydrogens (primary N) is 1. The first-order valence-corrected chi connectivity index (χ1v) is 15.9. The Hall–Kier alpha value is -4.47. The van der Waals surface area contributed by atoms with Gasteiger partial charge in [-0.3, -0.25) is 9.59 Å². The van der Waals surface area contributed by atoms with Crippen molar-refractivity contribution in [2.45, 2.75) is 51.1 Å². The van der Waals surface area contributed by atoms with Crippen LogP contribution in [0.5, 0.6) is 5.75 Å². The zero-order valence-corrected chi connectivity index (χ0v) is 26.0. The summed E-state index contributed by atoms with van der Waals surface area (Å²) >= 11 is 0. The summed E-state index contributed by atoms with van der Waals surface area (Å²) in [5, 5.41) is 12.8. The van der Waals surface area contributed by atoms with Crippen LogP contribution in [-0.4, -0.2) is 62.4 Å². The standard InChI is InChI=1S/C29H36N4O5S.C2HF3O2/c1-3-38-25-15-13-22(14-16-25)18-27(33-39(2,36)37)29(35)32-26(17-21-7-5-4-6-8-21)28(34)31-20-24-11-9-23(19-30)10-12-24;3-2(4,5)1(6)7/h4-16,26-27,33H,3,17-20,30H2,1-2H3,(H,31,34)(H,32,35);(H,6,7)/t26-,27+;/m0./s1. The molecule has 0 aliphatic heterocycles. The Bertz CT molecular complexity index is 1520. The van der Waals surface area contributed by atoms with E-state index in [0.717, 1.165) is 28.5 Å². The summed E-state index contributed by atoms with van der Waals surface area (Å²) in [4.78, 5) is 35.5. The number of halogens is 3. The molecular weight excluding hydrogens is 629 g/mol. The molecule has 0 aliphatic rings. The van der Waals surface area contributed by atoms with E-state index in [2.05, 4.69) is 15.4 Å². The Morgan fingerprint density at radius 2 is 1.33 bits per heavy atom. The van der Waals surface area contributed by atoms with Crippen molar-refractivity contribution in [2.75, 3.05) is 12.9 Å². The van der Waals surface area contributed by atoms with Gasteiger partial charge in [0.05, 0.1) is 12.9 Å². The summed E-state index contributed by atoms with van der Waals surface area (Å²) in [5.74, 6) is -3.06. The van der Waals surface area contributed by atoms with Crippen LogP contribution in [0, 0.1) is 0 Å². The SMILES string of the molecule is CCOc1ccc(C[C@@H](NS(C)(=O)=O)C(=O)N[C@@H](Cc2ccccc2)C(=O)NCc2ccc(CN)cc2)cc1.O=C(O)C(F)(F)F. The third kappa shape index (κ3) is 14.1. The van der Waals surface area contributed by atoms with Crippen molar-refractivity contribution in [3.05, 3.63) is 101 Å². The number of alkyl halides is 3. The van der Waals surface area contributed by atoms with Crippen molar-refractivity contribution >= 4 is 27.8 Å². The molecule has 0 fully saturated rings. The third-order valence-electron chi connectivity index (χ3n) is 6.23. The van der Waals surface area contributed by atoms with E-state index >= 15 is 0 Å². The molecule has 0 radical (unpaired) electrons. The number of aliphatic carboxylic acids is 1. The maximum absolute atomic E-state index is 13.4. The molecule has 0 heterocycles. The molecule has 0 saturated carbocycles. The first-order valence-electron chi connectivity index (χ1n) is 14.0. The number of benzene rings is 3. The van der Waals surface area contributed by atoms with Gasteiger partial charge in [0.2, 0.25) is 21.8 Å². The molecule has 3 aromatic carbocycles. The lowest BCUT2D eigenvalue weighted by Crippen LogP contribution is -2.54. The lowest BCUT2D eigenvalue weighted by molar-refractivity contribution is -0.192. The van der Waals surface area contributed by atoms with E-state index in [1.54, 1.807) is 24.3 Å². The van der Waals surface area contributed by atoms with Crippen molar-refractivity contribution in [3.8, 4) is 5.75 Å². The largest absolute Gasteiger partial charge is 0.494 e. The van der Waals surface area contributed by atoms with Gasteiger partial charge in [0, 0.05) is 19.5 Å². The smallest absolute Gasteiger partial charge is 0.490 e. The minimum Gasteiger partial charge on any atom is -0.494 e. The van der Waals surface area contributed by atoms with Crippen LogP contribution >= 0.6 is 0 Å². The summed E-state index contributed by atoms with van der Waals surface area (Å²) in [6, 6.07) is 21.9. The molecule has 2 amide bonds. The highest BCUT2D eigenvalue weighted by Crippen LogP contribution is 2.15. The Kier molecular flexibility index (Phi) is 14.7. The number of carbonyl (C=O) groups is 3.